The molecule has 1 aromatic carbocycles. The summed E-state index contributed by atoms with van der Waals surface area (Å²) in [6.45, 7) is 10.7. The Morgan fingerprint density at radius 3 is 1.70 bits per heavy atom. The number of phenols is 1. The van der Waals surface area contributed by atoms with Crippen LogP contribution < -0.4 is 0 Å². The summed E-state index contributed by atoms with van der Waals surface area (Å²) in [6.07, 6.45) is 4.58. The molecule has 1 aromatic rings. The third-order valence-electron chi connectivity index (χ3n) is 6.54. The fourth-order valence-electron chi connectivity index (χ4n) is 4.75. The van der Waals surface area contributed by atoms with Crippen molar-refractivity contribution in [1.82, 2.24) is 14.7 Å². The highest BCUT2D eigenvalue weighted by atomic mass is 16.4. The topological polar surface area (TPSA) is 67.2 Å². The highest BCUT2D eigenvalue weighted by Gasteiger charge is 2.41. The third kappa shape index (κ3) is 9.63. The van der Waals surface area contributed by atoms with Crippen molar-refractivity contribution < 1.29 is 15.0 Å². The van der Waals surface area contributed by atoms with Crippen LogP contribution in [0.3, 0.4) is 0 Å². The van der Waals surface area contributed by atoms with Gasteiger partial charge in [-0.05, 0) is 84.7 Å². The van der Waals surface area contributed by atoms with Gasteiger partial charge in [0.1, 0.15) is 5.75 Å². The first-order valence-electron chi connectivity index (χ1n) is 12.4. The molecule has 0 spiro atoms. The maximum atomic E-state index is 11.4. The molecule has 6 heteroatoms. The highest BCUT2D eigenvalue weighted by molar-refractivity contribution is 5.74. The normalized spacial score (nSPS) is 12.8. The number of aromatic hydroxyl groups is 1. The van der Waals surface area contributed by atoms with Crippen molar-refractivity contribution in [3.05, 3.63) is 28.8 Å². The van der Waals surface area contributed by atoms with E-state index in [1.807, 2.05) is 40.1 Å². The first-order valence-corrected chi connectivity index (χ1v) is 12.4. The van der Waals surface area contributed by atoms with Gasteiger partial charge in [0.25, 0.3) is 0 Å². The largest absolute Gasteiger partial charge is 0.508 e. The Labute approximate surface area is 203 Å². The fraction of sp³-hybridized carbons (Fsp3) is 0.741. The molecule has 2 N–H and O–H groups in total. The van der Waals surface area contributed by atoms with E-state index in [9.17, 15) is 15.0 Å². The van der Waals surface area contributed by atoms with Crippen molar-refractivity contribution in [2.75, 3.05) is 42.3 Å². The molecule has 1 unspecified atom stereocenters. The lowest BCUT2D eigenvalue weighted by atomic mass is 9.68. The number of nitrogens with zero attached hydrogens (tertiary/aromatic N) is 3. The molecule has 33 heavy (non-hydrogen) atoms. The molecular formula is C27H51N3O3. The second-order valence-corrected chi connectivity index (χ2v) is 9.98. The lowest BCUT2D eigenvalue weighted by molar-refractivity contribution is -0.153. The molecule has 0 saturated carbocycles. The fourth-order valence-corrected chi connectivity index (χ4v) is 4.75. The van der Waals surface area contributed by atoms with Crippen molar-refractivity contribution in [2.24, 2.45) is 11.3 Å². The lowest BCUT2D eigenvalue weighted by Crippen LogP contribution is -2.37. The molecule has 0 heterocycles. The van der Waals surface area contributed by atoms with Crippen molar-refractivity contribution in [3.8, 4) is 5.75 Å². The van der Waals surface area contributed by atoms with Gasteiger partial charge < -0.3 is 24.9 Å². The zero-order chi connectivity index (χ0) is 25.8. The summed E-state index contributed by atoms with van der Waals surface area (Å²) in [5.41, 5.74) is 3.09. The van der Waals surface area contributed by atoms with E-state index in [0.29, 0.717) is 11.7 Å². The summed E-state index contributed by atoms with van der Waals surface area (Å²) in [5, 5.41) is 19.5. The minimum absolute atomic E-state index is 0.333. The Bertz CT molecular complexity index is 698. The molecule has 0 radical (unpaired) electrons. The Balaban J connectivity index is 0.000000653. The zero-order valence-electron chi connectivity index (χ0n) is 23.0. The van der Waals surface area contributed by atoms with Gasteiger partial charge in [-0.2, -0.15) is 0 Å². The first kappa shape index (κ1) is 31.4. The van der Waals surface area contributed by atoms with Crippen LogP contribution in [0.1, 0.15) is 76.5 Å². The Hall–Kier alpha value is -1.63. The van der Waals surface area contributed by atoms with Crippen LogP contribution in [0, 0.1) is 11.3 Å². The average molecular weight is 466 g/mol. The van der Waals surface area contributed by atoms with Crippen LogP contribution in [0.25, 0.3) is 0 Å². The summed E-state index contributed by atoms with van der Waals surface area (Å²) in [6, 6.07) is 3.85. The van der Waals surface area contributed by atoms with Crippen LogP contribution >= 0.6 is 0 Å². The van der Waals surface area contributed by atoms with Crippen molar-refractivity contribution in [2.45, 2.75) is 79.4 Å². The summed E-state index contributed by atoms with van der Waals surface area (Å²) >= 11 is 0. The first-order chi connectivity index (χ1) is 15.4. The van der Waals surface area contributed by atoms with Crippen LogP contribution in [0.5, 0.6) is 5.75 Å². The van der Waals surface area contributed by atoms with Crippen molar-refractivity contribution in [1.29, 1.82) is 0 Å². The zero-order valence-corrected chi connectivity index (χ0v) is 23.0. The van der Waals surface area contributed by atoms with Crippen molar-refractivity contribution in [3.63, 3.8) is 0 Å². The molecule has 0 aromatic heterocycles. The highest BCUT2D eigenvalue weighted by Crippen LogP contribution is 2.40. The van der Waals surface area contributed by atoms with E-state index >= 15 is 0 Å². The van der Waals surface area contributed by atoms with Gasteiger partial charge in [-0.3, -0.25) is 4.79 Å². The average Bonchev–Trinajstić information content (AvgIpc) is 2.72. The molecule has 0 aliphatic heterocycles. The SMILES string of the molecule is CCCC(CC)C(CC)(CC)C(=O)O.CN(C)Cc1ccc(O)c(CN(C)C)c1CN(C)C. The van der Waals surface area contributed by atoms with Gasteiger partial charge in [-0.15, -0.1) is 0 Å². The summed E-state index contributed by atoms with van der Waals surface area (Å²) in [4.78, 5) is 17.8. The Kier molecular flexibility index (Phi) is 14.6. The quantitative estimate of drug-likeness (QED) is 0.413. The maximum absolute atomic E-state index is 11.4. The van der Waals surface area contributed by atoms with Gasteiger partial charge in [-0.1, -0.05) is 46.6 Å². The van der Waals surface area contributed by atoms with Crippen LogP contribution in [0.15, 0.2) is 12.1 Å². The van der Waals surface area contributed by atoms with E-state index in [-0.39, 0.29) is 0 Å². The molecule has 0 fully saturated rings. The Morgan fingerprint density at radius 2 is 1.33 bits per heavy atom. The van der Waals surface area contributed by atoms with Crippen LogP contribution in [-0.2, 0) is 24.4 Å². The van der Waals surface area contributed by atoms with E-state index < -0.39 is 11.4 Å². The van der Waals surface area contributed by atoms with Gasteiger partial charge in [0.2, 0.25) is 0 Å². The van der Waals surface area contributed by atoms with Crippen LogP contribution in [0.2, 0.25) is 0 Å². The number of aliphatic carboxylic acids is 1. The second-order valence-electron chi connectivity index (χ2n) is 9.98. The van der Waals surface area contributed by atoms with Gasteiger partial charge in [0.05, 0.1) is 5.41 Å². The number of carbonyl (C=O) groups is 1. The maximum Gasteiger partial charge on any atom is 0.309 e. The van der Waals surface area contributed by atoms with E-state index in [1.54, 1.807) is 0 Å². The van der Waals surface area contributed by atoms with E-state index in [1.165, 1.54) is 11.1 Å². The minimum Gasteiger partial charge on any atom is -0.508 e. The molecule has 0 bridgehead atoms. The van der Waals surface area contributed by atoms with Gasteiger partial charge >= 0.3 is 5.97 Å². The summed E-state index contributed by atoms with van der Waals surface area (Å²) in [5.74, 6) is 0.121. The van der Waals surface area contributed by atoms with Crippen molar-refractivity contribution >= 4 is 5.97 Å². The molecule has 6 nitrogen and oxygen atoms in total. The van der Waals surface area contributed by atoms with Gasteiger partial charge in [-0.25, -0.2) is 0 Å². The van der Waals surface area contributed by atoms with Gasteiger partial charge in [0, 0.05) is 25.2 Å². The lowest BCUT2D eigenvalue weighted by Gasteiger charge is -2.35. The summed E-state index contributed by atoms with van der Waals surface area (Å²) in [7, 11) is 12.3. The standard InChI is InChI=1S/C15H27N3O.C12H24O2/c1-16(2)9-12-7-8-15(19)14(11-18(5)6)13(12)10-17(3)4;1-5-9-10(6-2)12(7-3,8-4)11(13)14/h7-8,19H,9-11H2,1-6H3;10H,5-9H2,1-4H3,(H,13,14). The number of carboxylic acid groups (broad SMARTS) is 1. The Morgan fingerprint density at radius 1 is 0.848 bits per heavy atom. The third-order valence-corrected chi connectivity index (χ3v) is 6.54. The van der Waals surface area contributed by atoms with E-state index in [2.05, 4.69) is 56.7 Å². The predicted octanol–water partition coefficient (Wildman–Crippen LogP) is 5.28. The number of benzene rings is 1. The smallest absolute Gasteiger partial charge is 0.309 e. The summed E-state index contributed by atoms with van der Waals surface area (Å²) < 4.78 is 0. The van der Waals surface area contributed by atoms with Crippen LogP contribution in [-0.4, -0.2) is 73.2 Å². The number of rotatable bonds is 13. The monoisotopic (exact) mass is 465 g/mol. The second kappa shape index (κ2) is 15.3. The molecule has 0 aliphatic rings. The van der Waals surface area contributed by atoms with Gasteiger partial charge in [0.15, 0.2) is 0 Å². The minimum atomic E-state index is -0.609. The number of hydrogen-bond acceptors (Lipinski definition) is 5. The number of carboxylic acids is 1. The number of phenolic OH excluding ortho intramolecular Hbond substituents is 1. The molecule has 1 atom stereocenters. The number of hydrogen-bond donors (Lipinski definition) is 2. The molecule has 0 saturated heterocycles. The predicted molar refractivity (Wildman–Crippen MR) is 140 cm³/mol. The van der Waals surface area contributed by atoms with E-state index in [0.717, 1.165) is 57.3 Å². The van der Waals surface area contributed by atoms with Crippen LogP contribution in [0.4, 0.5) is 0 Å². The molecule has 0 amide bonds. The molecule has 0 aliphatic carbocycles. The molecule has 1 rings (SSSR count). The molecule has 192 valence electrons. The molecular weight excluding hydrogens is 414 g/mol. The van der Waals surface area contributed by atoms with E-state index in [4.69, 9.17) is 0 Å².